The van der Waals surface area contributed by atoms with E-state index in [9.17, 15) is 4.79 Å². The third-order valence-corrected chi connectivity index (χ3v) is 4.39. The fourth-order valence-corrected chi connectivity index (χ4v) is 3.00. The Balaban J connectivity index is 1.48. The van der Waals surface area contributed by atoms with Gasteiger partial charge in [-0.3, -0.25) is 9.78 Å². The molecule has 136 valence electrons. The quantitative estimate of drug-likeness (QED) is 0.513. The van der Waals surface area contributed by atoms with E-state index in [1.165, 1.54) is 11.6 Å². The summed E-state index contributed by atoms with van der Waals surface area (Å²) in [5, 5.41) is 2.96. The minimum Gasteiger partial charge on any atom is -0.322 e. The number of para-hydroxylation sites is 3. The van der Waals surface area contributed by atoms with Gasteiger partial charge in [0.15, 0.2) is 0 Å². The van der Waals surface area contributed by atoms with Crippen LogP contribution < -0.4 is 5.32 Å². The van der Waals surface area contributed by atoms with Gasteiger partial charge >= 0.3 is 0 Å². The third-order valence-electron chi connectivity index (χ3n) is 4.39. The third kappa shape index (κ3) is 4.30. The zero-order chi connectivity index (χ0) is 19.2. The number of carbonyl (C=O) groups is 1. The number of hydrogen-bond donors (Lipinski definition) is 1. The van der Waals surface area contributed by atoms with E-state index < -0.39 is 0 Å². The molecule has 28 heavy (non-hydrogen) atoms. The number of anilines is 1. The molecule has 0 aliphatic rings. The summed E-state index contributed by atoms with van der Waals surface area (Å²) in [7, 11) is 0. The van der Waals surface area contributed by atoms with Gasteiger partial charge in [-0.15, -0.1) is 0 Å². The van der Waals surface area contributed by atoms with E-state index in [1.807, 2.05) is 66.7 Å². The largest absolute Gasteiger partial charge is 0.322 e. The summed E-state index contributed by atoms with van der Waals surface area (Å²) in [4.78, 5) is 21.3. The molecule has 0 saturated carbocycles. The molecule has 0 aliphatic carbocycles. The van der Waals surface area contributed by atoms with Gasteiger partial charge in [-0.2, -0.15) is 0 Å². The van der Waals surface area contributed by atoms with Crippen LogP contribution in [0.2, 0.25) is 0 Å². The number of nitrogens with one attached hydrogen (secondary N) is 1. The Kier molecular flexibility index (Phi) is 5.20. The second-order valence-corrected chi connectivity index (χ2v) is 6.43. The molecule has 0 spiro atoms. The Hall–Kier alpha value is -3.79. The van der Waals surface area contributed by atoms with Crippen molar-refractivity contribution in [1.29, 1.82) is 0 Å². The van der Waals surface area contributed by atoms with Crippen molar-refractivity contribution in [2.45, 2.75) is 6.42 Å². The van der Waals surface area contributed by atoms with Crippen molar-refractivity contribution in [3.8, 4) is 0 Å². The lowest BCUT2D eigenvalue weighted by Gasteiger charge is -2.10. The smallest absolute Gasteiger partial charge is 0.248 e. The number of aromatic nitrogens is 2. The van der Waals surface area contributed by atoms with Crippen LogP contribution >= 0.6 is 0 Å². The Morgan fingerprint density at radius 1 is 0.857 bits per heavy atom. The first-order valence-electron chi connectivity index (χ1n) is 9.10. The second-order valence-electron chi connectivity index (χ2n) is 6.43. The first-order chi connectivity index (χ1) is 13.8. The van der Waals surface area contributed by atoms with E-state index in [-0.39, 0.29) is 5.91 Å². The van der Waals surface area contributed by atoms with Gasteiger partial charge in [0.05, 0.1) is 22.9 Å². The molecule has 4 heteroatoms. The summed E-state index contributed by atoms with van der Waals surface area (Å²) in [6.07, 6.45) is 5.58. The fraction of sp³-hybridized carbons (Fsp3) is 0.0417. The van der Waals surface area contributed by atoms with E-state index in [1.54, 1.807) is 12.3 Å². The highest BCUT2D eigenvalue weighted by Crippen LogP contribution is 2.19. The molecular weight excluding hydrogens is 346 g/mol. The number of rotatable bonds is 5. The maximum atomic E-state index is 12.4. The first-order valence-corrected chi connectivity index (χ1v) is 9.10. The van der Waals surface area contributed by atoms with E-state index in [4.69, 9.17) is 0 Å². The maximum Gasteiger partial charge on any atom is 0.248 e. The summed E-state index contributed by atoms with van der Waals surface area (Å²) < 4.78 is 0. The standard InChI is InChI=1S/C24H19N3O/c28-24(15-14-20-17-25-22-12-6-7-13-23(22)26-20)27-21-11-5-4-10-19(21)16-18-8-2-1-3-9-18/h1-15,17H,16H2,(H,27,28)/b15-14+. The number of nitrogens with zero attached hydrogens (tertiary/aromatic N) is 2. The van der Waals surface area contributed by atoms with Gasteiger partial charge in [0.25, 0.3) is 0 Å². The van der Waals surface area contributed by atoms with Gasteiger partial charge in [-0.05, 0) is 41.8 Å². The molecule has 4 nitrogen and oxygen atoms in total. The minimum absolute atomic E-state index is 0.199. The van der Waals surface area contributed by atoms with Crippen molar-refractivity contribution in [3.05, 3.63) is 108 Å². The molecule has 0 bridgehead atoms. The van der Waals surface area contributed by atoms with Crippen LogP contribution in [-0.2, 0) is 11.2 Å². The SMILES string of the molecule is O=C(/C=C/c1cnc2ccccc2n1)Nc1ccccc1Cc1ccccc1. The molecule has 0 atom stereocenters. The van der Waals surface area contributed by atoms with E-state index in [2.05, 4.69) is 27.4 Å². The van der Waals surface area contributed by atoms with Crippen LogP contribution in [0.1, 0.15) is 16.8 Å². The topological polar surface area (TPSA) is 54.9 Å². The molecule has 1 amide bonds. The highest BCUT2D eigenvalue weighted by Gasteiger charge is 2.05. The maximum absolute atomic E-state index is 12.4. The fourth-order valence-electron chi connectivity index (χ4n) is 3.00. The lowest BCUT2D eigenvalue weighted by molar-refractivity contribution is -0.111. The summed E-state index contributed by atoms with van der Waals surface area (Å²) in [5.41, 5.74) is 5.36. The van der Waals surface area contributed by atoms with Gasteiger partial charge in [-0.25, -0.2) is 4.98 Å². The molecule has 0 saturated heterocycles. The van der Waals surface area contributed by atoms with Crippen LogP contribution in [0.4, 0.5) is 5.69 Å². The van der Waals surface area contributed by atoms with E-state index in [0.717, 1.165) is 28.7 Å². The van der Waals surface area contributed by atoms with Crippen LogP contribution in [0, 0.1) is 0 Å². The van der Waals surface area contributed by atoms with Crippen molar-refractivity contribution in [2.75, 3.05) is 5.32 Å². The van der Waals surface area contributed by atoms with Gasteiger partial charge in [-0.1, -0.05) is 60.7 Å². The minimum atomic E-state index is -0.199. The van der Waals surface area contributed by atoms with Gasteiger partial charge < -0.3 is 5.32 Å². The van der Waals surface area contributed by atoms with Gasteiger partial charge in [0, 0.05) is 11.8 Å². The Morgan fingerprint density at radius 2 is 1.57 bits per heavy atom. The molecule has 0 unspecified atom stereocenters. The monoisotopic (exact) mass is 365 g/mol. The molecule has 4 aromatic rings. The van der Waals surface area contributed by atoms with Crippen molar-refractivity contribution in [1.82, 2.24) is 9.97 Å². The summed E-state index contributed by atoms with van der Waals surface area (Å²) in [6, 6.07) is 25.7. The Bertz CT molecular complexity index is 1140. The molecule has 4 rings (SSSR count). The van der Waals surface area contributed by atoms with E-state index >= 15 is 0 Å². The molecular formula is C24H19N3O. The molecule has 1 N–H and O–H groups in total. The Morgan fingerprint density at radius 3 is 2.43 bits per heavy atom. The predicted molar refractivity (Wildman–Crippen MR) is 113 cm³/mol. The number of carbonyl (C=O) groups excluding carboxylic acids is 1. The average molecular weight is 365 g/mol. The zero-order valence-electron chi connectivity index (χ0n) is 15.2. The van der Waals surface area contributed by atoms with Gasteiger partial charge in [0.1, 0.15) is 0 Å². The molecule has 1 aromatic heterocycles. The molecule has 3 aromatic carbocycles. The highest BCUT2D eigenvalue weighted by atomic mass is 16.1. The van der Waals surface area contributed by atoms with Gasteiger partial charge in [0.2, 0.25) is 5.91 Å². The normalized spacial score (nSPS) is 11.0. The van der Waals surface area contributed by atoms with E-state index in [0.29, 0.717) is 5.69 Å². The summed E-state index contributed by atoms with van der Waals surface area (Å²) >= 11 is 0. The van der Waals surface area contributed by atoms with Crippen LogP contribution in [-0.4, -0.2) is 15.9 Å². The van der Waals surface area contributed by atoms with Crippen molar-refractivity contribution < 1.29 is 4.79 Å². The highest BCUT2D eigenvalue weighted by molar-refractivity contribution is 6.02. The number of amides is 1. The molecule has 0 radical (unpaired) electrons. The lowest BCUT2D eigenvalue weighted by Crippen LogP contribution is -2.10. The first kappa shape index (κ1) is 17.6. The zero-order valence-corrected chi connectivity index (χ0v) is 15.2. The summed E-state index contributed by atoms with van der Waals surface area (Å²) in [5.74, 6) is -0.199. The summed E-state index contributed by atoms with van der Waals surface area (Å²) in [6.45, 7) is 0. The lowest BCUT2D eigenvalue weighted by atomic mass is 10.0. The number of hydrogen-bond acceptors (Lipinski definition) is 3. The Labute approximate surface area is 163 Å². The second kappa shape index (κ2) is 8.27. The number of fused-ring (bicyclic) bond motifs is 1. The van der Waals surface area contributed by atoms with Crippen LogP contribution in [0.5, 0.6) is 0 Å². The predicted octanol–water partition coefficient (Wildman–Crippen LogP) is 4.87. The average Bonchev–Trinajstić information content (AvgIpc) is 2.74. The van der Waals surface area contributed by atoms with Crippen molar-refractivity contribution in [3.63, 3.8) is 0 Å². The molecule has 0 fully saturated rings. The van der Waals surface area contributed by atoms with Crippen LogP contribution in [0.15, 0.2) is 91.1 Å². The molecule has 0 aliphatic heterocycles. The van der Waals surface area contributed by atoms with Crippen LogP contribution in [0.25, 0.3) is 17.1 Å². The van der Waals surface area contributed by atoms with Crippen molar-refractivity contribution in [2.24, 2.45) is 0 Å². The molecule has 1 heterocycles. The van der Waals surface area contributed by atoms with Crippen LogP contribution in [0.3, 0.4) is 0 Å². The van der Waals surface area contributed by atoms with Crippen molar-refractivity contribution >= 4 is 28.7 Å². The number of benzene rings is 3.